The Morgan fingerprint density at radius 3 is 2.48 bits per heavy atom. The Labute approximate surface area is 124 Å². The summed E-state index contributed by atoms with van der Waals surface area (Å²) in [5.74, 6) is -0.148. The zero-order valence-corrected chi connectivity index (χ0v) is 12.0. The third-order valence-electron chi connectivity index (χ3n) is 3.03. The number of nitrogens with one attached hydrogen (secondary N) is 1. The van der Waals surface area contributed by atoms with Crippen LogP contribution in [-0.2, 0) is 4.79 Å². The molecule has 0 aliphatic carbocycles. The van der Waals surface area contributed by atoms with Crippen LogP contribution in [-0.4, -0.2) is 53.9 Å². The molecule has 1 amide bonds. The monoisotopic (exact) mass is 291 g/mol. The minimum atomic E-state index is -0.148. The molecule has 1 rings (SSSR count). The molecule has 1 aromatic rings. The van der Waals surface area contributed by atoms with E-state index in [1.54, 1.807) is 24.3 Å². The zero-order valence-electron chi connectivity index (χ0n) is 12.0. The zero-order chi connectivity index (χ0) is 15.5. The third-order valence-corrected chi connectivity index (χ3v) is 3.03. The fourth-order valence-corrected chi connectivity index (χ4v) is 1.98. The summed E-state index contributed by atoms with van der Waals surface area (Å²) in [4.78, 5) is 13.7. The van der Waals surface area contributed by atoms with E-state index in [2.05, 4.69) is 5.32 Å². The van der Waals surface area contributed by atoms with Gasteiger partial charge >= 0.3 is 0 Å². The quantitative estimate of drug-likeness (QED) is 0.618. The second-order valence-electron chi connectivity index (χ2n) is 4.60. The molecule has 1 aromatic carbocycles. The maximum Gasteiger partial charge on any atom is 0.224 e. The van der Waals surface area contributed by atoms with E-state index in [1.807, 2.05) is 11.0 Å². The molecule has 0 aromatic heterocycles. The van der Waals surface area contributed by atoms with Gasteiger partial charge in [0.15, 0.2) is 0 Å². The Bertz CT molecular complexity index is 479. The van der Waals surface area contributed by atoms with Crippen molar-refractivity contribution in [2.75, 3.05) is 38.2 Å². The minimum absolute atomic E-state index is 0.0295. The van der Waals surface area contributed by atoms with Gasteiger partial charge in [0, 0.05) is 19.5 Å². The smallest absolute Gasteiger partial charge is 0.224 e. The summed E-state index contributed by atoms with van der Waals surface area (Å²) in [5, 5.41) is 29.4. The van der Waals surface area contributed by atoms with E-state index in [9.17, 15) is 4.79 Å². The molecule has 0 saturated carbocycles. The van der Waals surface area contributed by atoms with Crippen LogP contribution < -0.4 is 5.32 Å². The molecule has 6 heteroatoms. The second-order valence-corrected chi connectivity index (χ2v) is 4.60. The topological polar surface area (TPSA) is 96.6 Å². The van der Waals surface area contributed by atoms with Gasteiger partial charge in [-0.1, -0.05) is 12.1 Å². The van der Waals surface area contributed by atoms with Crippen molar-refractivity contribution < 1.29 is 15.0 Å². The molecule has 0 aliphatic heterocycles. The van der Waals surface area contributed by atoms with E-state index >= 15 is 0 Å². The van der Waals surface area contributed by atoms with E-state index in [0.29, 0.717) is 43.7 Å². The summed E-state index contributed by atoms with van der Waals surface area (Å²) in [6, 6.07) is 8.89. The van der Waals surface area contributed by atoms with Crippen LogP contribution in [0, 0.1) is 11.3 Å². The number of rotatable bonds is 9. The highest BCUT2D eigenvalue weighted by molar-refractivity contribution is 5.92. The maximum absolute atomic E-state index is 11.8. The largest absolute Gasteiger partial charge is 0.395 e. The van der Waals surface area contributed by atoms with Crippen molar-refractivity contribution in [1.29, 1.82) is 5.26 Å². The molecule has 0 atom stereocenters. The van der Waals surface area contributed by atoms with Gasteiger partial charge in [-0.3, -0.25) is 9.69 Å². The Morgan fingerprint density at radius 1 is 1.19 bits per heavy atom. The lowest BCUT2D eigenvalue weighted by atomic mass is 10.2. The SMILES string of the molecule is N#Cc1ccccc1NC(=O)CCCN(CCO)CCO. The molecule has 0 aliphatic rings. The van der Waals surface area contributed by atoms with Gasteiger partial charge in [-0.05, 0) is 25.1 Å². The predicted molar refractivity (Wildman–Crippen MR) is 79.6 cm³/mol. The highest BCUT2D eigenvalue weighted by Gasteiger charge is 2.08. The van der Waals surface area contributed by atoms with Gasteiger partial charge in [-0.2, -0.15) is 5.26 Å². The Kier molecular flexibility index (Phi) is 8.05. The third kappa shape index (κ3) is 6.36. The summed E-state index contributed by atoms with van der Waals surface area (Å²) in [5.41, 5.74) is 0.959. The standard InChI is InChI=1S/C15H21N3O3/c16-12-13-4-1-2-5-14(13)17-15(21)6-3-7-18(8-10-19)9-11-20/h1-2,4-5,19-20H,3,6-11H2,(H,17,21). The number of carbonyl (C=O) groups is 1. The van der Waals surface area contributed by atoms with Gasteiger partial charge in [-0.15, -0.1) is 0 Å². The lowest BCUT2D eigenvalue weighted by Crippen LogP contribution is -2.31. The van der Waals surface area contributed by atoms with Crippen LogP contribution in [0.2, 0.25) is 0 Å². The molecule has 0 fully saturated rings. The maximum atomic E-state index is 11.8. The average molecular weight is 291 g/mol. The molecule has 114 valence electrons. The number of aliphatic hydroxyl groups is 2. The minimum Gasteiger partial charge on any atom is -0.395 e. The number of benzene rings is 1. The molecule has 6 nitrogen and oxygen atoms in total. The van der Waals surface area contributed by atoms with Gasteiger partial charge in [0.25, 0.3) is 0 Å². The van der Waals surface area contributed by atoms with Crippen molar-refractivity contribution in [1.82, 2.24) is 4.90 Å². The Morgan fingerprint density at radius 2 is 1.86 bits per heavy atom. The Hall–Kier alpha value is -1.94. The fourth-order valence-electron chi connectivity index (χ4n) is 1.98. The summed E-state index contributed by atoms with van der Waals surface area (Å²) >= 11 is 0. The van der Waals surface area contributed by atoms with E-state index in [4.69, 9.17) is 15.5 Å². The van der Waals surface area contributed by atoms with Crippen molar-refractivity contribution in [2.45, 2.75) is 12.8 Å². The molecule has 0 radical (unpaired) electrons. The van der Waals surface area contributed by atoms with Crippen LogP contribution in [0.5, 0.6) is 0 Å². The number of carbonyl (C=O) groups excluding carboxylic acids is 1. The molecular weight excluding hydrogens is 270 g/mol. The van der Waals surface area contributed by atoms with Crippen LogP contribution in [0.1, 0.15) is 18.4 Å². The molecule has 0 saturated heterocycles. The Balaban J connectivity index is 2.39. The van der Waals surface area contributed by atoms with Crippen LogP contribution in [0.4, 0.5) is 5.69 Å². The van der Waals surface area contributed by atoms with Gasteiger partial charge in [0.1, 0.15) is 6.07 Å². The van der Waals surface area contributed by atoms with E-state index in [1.165, 1.54) is 0 Å². The molecule has 0 spiro atoms. The van der Waals surface area contributed by atoms with E-state index in [-0.39, 0.29) is 19.1 Å². The number of hydrogen-bond acceptors (Lipinski definition) is 5. The number of nitrogens with zero attached hydrogens (tertiary/aromatic N) is 2. The highest BCUT2D eigenvalue weighted by atomic mass is 16.3. The molecule has 0 heterocycles. The summed E-state index contributed by atoms with van der Waals surface area (Å²) in [6.45, 7) is 1.66. The number of anilines is 1. The summed E-state index contributed by atoms with van der Waals surface area (Å²) in [7, 11) is 0. The van der Waals surface area contributed by atoms with Gasteiger partial charge in [0.05, 0.1) is 24.5 Å². The lowest BCUT2D eigenvalue weighted by molar-refractivity contribution is -0.116. The number of amides is 1. The predicted octanol–water partition coefficient (Wildman–Crippen LogP) is 0.564. The lowest BCUT2D eigenvalue weighted by Gasteiger charge is -2.19. The molecule has 21 heavy (non-hydrogen) atoms. The van der Waals surface area contributed by atoms with Crippen molar-refractivity contribution in [2.24, 2.45) is 0 Å². The normalized spacial score (nSPS) is 10.4. The highest BCUT2D eigenvalue weighted by Crippen LogP contribution is 2.13. The first kappa shape index (κ1) is 17.1. The van der Waals surface area contributed by atoms with E-state index in [0.717, 1.165) is 0 Å². The van der Waals surface area contributed by atoms with Gasteiger partial charge in [-0.25, -0.2) is 0 Å². The van der Waals surface area contributed by atoms with Crippen molar-refractivity contribution in [3.05, 3.63) is 29.8 Å². The van der Waals surface area contributed by atoms with Crippen molar-refractivity contribution >= 4 is 11.6 Å². The van der Waals surface area contributed by atoms with Crippen LogP contribution in [0.25, 0.3) is 0 Å². The molecule has 0 bridgehead atoms. The van der Waals surface area contributed by atoms with Crippen molar-refractivity contribution in [3.63, 3.8) is 0 Å². The molecule has 3 N–H and O–H groups in total. The van der Waals surface area contributed by atoms with Crippen LogP contribution in [0.15, 0.2) is 24.3 Å². The first-order valence-corrected chi connectivity index (χ1v) is 6.94. The first-order chi connectivity index (χ1) is 10.2. The summed E-state index contributed by atoms with van der Waals surface area (Å²) < 4.78 is 0. The number of aliphatic hydroxyl groups excluding tert-OH is 2. The first-order valence-electron chi connectivity index (χ1n) is 6.94. The second kappa shape index (κ2) is 9.88. The fraction of sp³-hybridized carbons (Fsp3) is 0.467. The van der Waals surface area contributed by atoms with Gasteiger partial charge < -0.3 is 15.5 Å². The van der Waals surface area contributed by atoms with Crippen LogP contribution >= 0.6 is 0 Å². The number of hydrogen-bond donors (Lipinski definition) is 3. The number of nitriles is 1. The van der Waals surface area contributed by atoms with Gasteiger partial charge in [0.2, 0.25) is 5.91 Å². The van der Waals surface area contributed by atoms with Crippen LogP contribution in [0.3, 0.4) is 0 Å². The molecule has 0 unspecified atom stereocenters. The van der Waals surface area contributed by atoms with Crippen molar-refractivity contribution in [3.8, 4) is 6.07 Å². The number of para-hydroxylation sites is 1. The average Bonchev–Trinajstić information content (AvgIpc) is 2.48. The summed E-state index contributed by atoms with van der Waals surface area (Å²) in [6.07, 6.45) is 0.952. The van der Waals surface area contributed by atoms with E-state index < -0.39 is 0 Å². The molecular formula is C15H21N3O3.